The molecule has 0 atom stereocenters. The third kappa shape index (κ3) is 3.65. The lowest BCUT2D eigenvalue weighted by molar-refractivity contribution is -0.384. The van der Waals surface area contributed by atoms with Gasteiger partial charge in [-0.3, -0.25) is 30.6 Å². The highest BCUT2D eigenvalue weighted by Gasteiger charge is 2.18. The molecule has 0 aliphatic carbocycles. The number of benzene rings is 2. The van der Waals surface area contributed by atoms with Crippen LogP contribution in [0.25, 0.3) is 33.3 Å². The third-order valence-corrected chi connectivity index (χ3v) is 5.14. The van der Waals surface area contributed by atoms with Crippen molar-refractivity contribution >= 4 is 39.3 Å². The average molecular weight is 441 g/mol. The number of amides is 2. The van der Waals surface area contributed by atoms with E-state index in [0.29, 0.717) is 38.8 Å². The smallest absolute Gasteiger partial charge is 0.271 e. The van der Waals surface area contributed by atoms with Crippen LogP contribution in [0.1, 0.15) is 20.7 Å². The number of carbonyl (C=O) groups excluding carboxylic acids is 2. The van der Waals surface area contributed by atoms with Gasteiger partial charge in [-0.15, -0.1) is 0 Å². The molecule has 5 rings (SSSR count). The summed E-state index contributed by atoms with van der Waals surface area (Å²) in [6, 6.07) is 16.3. The number of nitro groups is 1. The van der Waals surface area contributed by atoms with Crippen LogP contribution in [-0.2, 0) is 0 Å². The maximum Gasteiger partial charge on any atom is 0.271 e. The number of fused-ring (bicyclic) bond motifs is 2. The van der Waals surface area contributed by atoms with E-state index in [9.17, 15) is 19.7 Å². The monoisotopic (exact) mass is 441 g/mol. The second kappa shape index (κ2) is 7.93. The first-order chi connectivity index (χ1) is 16.0. The average Bonchev–Trinajstić information content (AvgIpc) is 3.51. The largest absolute Gasteiger partial charge is 0.463 e. The molecule has 0 aliphatic rings. The number of aromatic nitrogens is 2. The van der Waals surface area contributed by atoms with Gasteiger partial charge in [0.1, 0.15) is 5.69 Å². The SMILES string of the molecule is O=C(NNC(=O)c1c[nH]c2ccc([N+](=O)[O-])cc12)c1cc(-c2ccco2)nc2ccccc12. The Hall–Kier alpha value is -4.99. The van der Waals surface area contributed by atoms with Gasteiger partial charge in [0.2, 0.25) is 0 Å². The first kappa shape index (κ1) is 19.9. The van der Waals surface area contributed by atoms with Gasteiger partial charge in [-0.2, -0.15) is 0 Å². The molecule has 2 amide bonds. The molecule has 0 aliphatic heterocycles. The van der Waals surface area contributed by atoms with Crippen LogP contribution in [0.3, 0.4) is 0 Å². The zero-order chi connectivity index (χ0) is 22.9. The molecule has 0 fully saturated rings. The zero-order valence-corrected chi connectivity index (χ0v) is 16.9. The Morgan fingerprint density at radius 3 is 2.48 bits per heavy atom. The van der Waals surface area contributed by atoms with E-state index >= 15 is 0 Å². The van der Waals surface area contributed by atoms with Crippen molar-refractivity contribution in [1.29, 1.82) is 0 Å². The highest BCUT2D eigenvalue weighted by Crippen LogP contribution is 2.26. The minimum absolute atomic E-state index is 0.145. The van der Waals surface area contributed by atoms with Crippen LogP contribution in [-0.4, -0.2) is 26.7 Å². The second-order valence-corrected chi connectivity index (χ2v) is 7.15. The molecule has 3 N–H and O–H groups in total. The van der Waals surface area contributed by atoms with Gasteiger partial charge in [0.25, 0.3) is 17.5 Å². The summed E-state index contributed by atoms with van der Waals surface area (Å²) in [6.45, 7) is 0. The number of rotatable bonds is 4. The van der Waals surface area contributed by atoms with Gasteiger partial charge in [0, 0.05) is 34.6 Å². The Balaban J connectivity index is 1.43. The van der Waals surface area contributed by atoms with E-state index in [-0.39, 0.29) is 11.3 Å². The molecule has 0 saturated heterocycles. The normalized spacial score (nSPS) is 10.9. The molecule has 3 aromatic heterocycles. The van der Waals surface area contributed by atoms with Crippen molar-refractivity contribution < 1.29 is 18.9 Å². The van der Waals surface area contributed by atoms with Crippen LogP contribution in [0.4, 0.5) is 5.69 Å². The number of hydrogen-bond donors (Lipinski definition) is 3. The summed E-state index contributed by atoms with van der Waals surface area (Å²) in [5.41, 5.74) is 6.70. The minimum Gasteiger partial charge on any atom is -0.463 e. The number of non-ortho nitro benzene ring substituents is 1. The molecule has 10 heteroatoms. The molecule has 5 aromatic rings. The molecule has 0 radical (unpaired) electrons. The predicted octanol–water partition coefficient (Wildman–Crippen LogP) is 3.96. The molecule has 2 aromatic carbocycles. The van der Waals surface area contributed by atoms with Gasteiger partial charge in [0.05, 0.1) is 27.8 Å². The van der Waals surface area contributed by atoms with Crippen molar-refractivity contribution in [1.82, 2.24) is 20.8 Å². The van der Waals surface area contributed by atoms with Gasteiger partial charge in [-0.1, -0.05) is 18.2 Å². The minimum atomic E-state index is -0.625. The number of hydrazine groups is 1. The van der Waals surface area contributed by atoms with E-state index in [1.807, 2.05) is 0 Å². The number of aromatic amines is 1. The highest BCUT2D eigenvalue weighted by molar-refractivity contribution is 6.10. The lowest BCUT2D eigenvalue weighted by atomic mass is 10.1. The first-order valence-electron chi connectivity index (χ1n) is 9.81. The van der Waals surface area contributed by atoms with E-state index in [2.05, 4.69) is 20.8 Å². The van der Waals surface area contributed by atoms with Crippen LogP contribution in [0.2, 0.25) is 0 Å². The number of nitro benzene ring substituents is 1. The van der Waals surface area contributed by atoms with Crippen LogP contribution in [0, 0.1) is 10.1 Å². The topological polar surface area (TPSA) is 143 Å². The predicted molar refractivity (Wildman–Crippen MR) is 119 cm³/mol. The van der Waals surface area contributed by atoms with Crippen molar-refractivity contribution in [3.8, 4) is 11.5 Å². The third-order valence-electron chi connectivity index (χ3n) is 5.14. The Morgan fingerprint density at radius 1 is 0.939 bits per heavy atom. The molecule has 162 valence electrons. The summed E-state index contributed by atoms with van der Waals surface area (Å²) in [4.78, 5) is 43.6. The van der Waals surface area contributed by atoms with E-state index < -0.39 is 16.7 Å². The van der Waals surface area contributed by atoms with Crippen LogP contribution in [0.5, 0.6) is 0 Å². The van der Waals surface area contributed by atoms with Crippen molar-refractivity contribution in [3.05, 3.63) is 94.4 Å². The number of H-pyrrole nitrogens is 1. The van der Waals surface area contributed by atoms with E-state index in [4.69, 9.17) is 4.42 Å². The lowest BCUT2D eigenvalue weighted by Gasteiger charge is -2.10. The zero-order valence-electron chi connectivity index (χ0n) is 16.9. The number of carbonyl (C=O) groups is 2. The summed E-state index contributed by atoms with van der Waals surface area (Å²) in [6.07, 6.45) is 2.93. The van der Waals surface area contributed by atoms with Crippen LogP contribution in [0.15, 0.2) is 77.5 Å². The van der Waals surface area contributed by atoms with Crippen LogP contribution < -0.4 is 10.9 Å². The van der Waals surface area contributed by atoms with Crippen molar-refractivity contribution in [3.63, 3.8) is 0 Å². The number of nitrogens with one attached hydrogen (secondary N) is 3. The van der Waals surface area contributed by atoms with E-state index in [1.54, 1.807) is 42.5 Å². The highest BCUT2D eigenvalue weighted by atomic mass is 16.6. The second-order valence-electron chi connectivity index (χ2n) is 7.15. The number of para-hydroxylation sites is 1. The van der Waals surface area contributed by atoms with E-state index in [0.717, 1.165) is 0 Å². The summed E-state index contributed by atoms with van der Waals surface area (Å²) < 4.78 is 5.40. The fourth-order valence-corrected chi connectivity index (χ4v) is 3.57. The summed E-state index contributed by atoms with van der Waals surface area (Å²) in [5.74, 6) is -0.681. The number of hydrogen-bond acceptors (Lipinski definition) is 6. The van der Waals surface area contributed by atoms with Gasteiger partial charge in [0.15, 0.2) is 5.76 Å². The van der Waals surface area contributed by atoms with Gasteiger partial charge in [-0.05, 0) is 30.3 Å². The van der Waals surface area contributed by atoms with Crippen molar-refractivity contribution in [2.75, 3.05) is 0 Å². The lowest BCUT2D eigenvalue weighted by Crippen LogP contribution is -2.41. The van der Waals surface area contributed by atoms with Crippen LogP contribution >= 0.6 is 0 Å². The van der Waals surface area contributed by atoms with Crippen molar-refractivity contribution in [2.45, 2.75) is 0 Å². The molecular weight excluding hydrogens is 426 g/mol. The van der Waals surface area contributed by atoms with Gasteiger partial charge >= 0.3 is 0 Å². The number of pyridine rings is 1. The summed E-state index contributed by atoms with van der Waals surface area (Å²) in [7, 11) is 0. The Kier molecular flexibility index (Phi) is 4.79. The quantitative estimate of drug-likeness (QED) is 0.285. The molecule has 0 spiro atoms. The Morgan fingerprint density at radius 2 is 1.73 bits per heavy atom. The summed E-state index contributed by atoms with van der Waals surface area (Å²) in [5, 5.41) is 12.0. The number of furan rings is 1. The van der Waals surface area contributed by atoms with Crippen molar-refractivity contribution in [2.24, 2.45) is 0 Å². The number of nitrogens with zero attached hydrogens (tertiary/aromatic N) is 2. The fourth-order valence-electron chi connectivity index (χ4n) is 3.57. The first-order valence-corrected chi connectivity index (χ1v) is 9.81. The summed E-state index contributed by atoms with van der Waals surface area (Å²) >= 11 is 0. The molecule has 0 unspecified atom stereocenters. The molecule has 0 saturated carbocycles. The molecule has 3 heterocycles. The molecular formula is C23H15N5O5. The maximum absolute atomic E-state index is 13.0. The molecule has 10 nitrogen and oxygen atoms in total. The van der Waals surface area contributed by atoms with E-state index in [1.165, 1.54) is 30.7 Å². The Bertz CT molecular complexity index is 1540. The maximum atomic E-state index is 13.0. The fraction of sp³-hybridized carbons (Fsp3) is 0. The van der Waals surface area contributed by atoms with Gasteiger partial charge < -0.3 is 9.40 Å². The Labute approximate surface area is 185 Å². The molecule has 33 heavy (non-hydrogen) atoms. The van der Waals surface area contributed by atoms with Gasteiger partial charge in [-0.25, -0.2) is 4.98 Å². The molecule has 0 bridgehead atoms. The standard InChI is InChI=1S/C23H15N5O5/c29-22(16-11-20(21-6-3-9-33-21)25-19-5-2-1-4-14(16)19)26-27-23(30)17-12-24-18-8-7-13(28(31)32)10-15(17)18/h1-12,24H,(H,26,29)(H,27,30).